The number of carbonyl (C=O) groups excluding carboxylic acids is 2. The highest BCUT2D eigenvalue weighted by atomic mass is 16.2. The molecule has 114 valence electrons. The molecule has 1 aromatic carbocycles. The molecule has 0 bridgehead atoms. The lowest BCUT2D eigenvalue weighted by molar-refractivity contribution is -0.121. The van der Waals surface area contributed by atoms with Gasteiger partial charge in [0.1, 0.15) is 0 Å². The summed E-state index contributed by atoms with van der Waals surface area (Å²) >= 11 is 0. The fourth-order valence-corrected chi connectivity index (χ4v) is 2.03. The monoisotopic (exact) mass is 289 g/mol. The summed E-state index contributed by atoms with van der Waals surface area (Å²) < 4.78 is 0. The maximum absolute atomic E-state index is 12.2. The Hall–Kier alpha value is -2.04. The van der Waals surface area contributed by atoms with Crippen LogP contribution in [0.3, 0.4) is 0 Å². The third-order valence-corrected chi connectivity index (χ3v) is 3.20. The molecule has 0 radical (unpaired) electrons. The number of benzene rings is 1. The van der Waals surface area contributed by atoms with Gasteiger partial charge in [-0.1, -0.05) is 12.1 Å². The zero-order valence-electron chi connectivity index (χ0n) is 12.6. The second-order valence-corrected chi connectivity index (χ2v) is 5.69. The minimum absolute atomic E-state index is 0.00592. The molecule has 0 heterocycles. The molecule has 1 aliphatic carbocycles. The predicted octanol–water partition coefficient (Wildman–Crippen LogP) is 1.91. The maximum Gasteiger partial charge on any atom is 0.253 e. The molecule has 5 nitrogen and oxygen atoms in total. The molecule has 0 spiro atoms. The Kier molecular flexibility index (Phi) is 5.20. The molecular weight excluding hydrogens is 266 g/mol. The summed E-state index contributed by atoms with van der Waals surface area (Å²) in [5.41, 5.74) is 1.42. The van der Waals surface area contributed by atoms with Crippen molar-refractivity contribution in [2.24, 2.45) is 0 Å². The number of hydrogen-bond donors (Lipinski definition) is 3. The van der Waals surface area contributed by atoms with Gasteiger partial charge in [-0.25, -0.2) is 0 Å². The number of amides is 2. The maximum atomic E-state index is 12.2. The van der Waals surface area contributed by atoms with Crippen LogP contribution in [-0.2, 0) is 4.79 Å². The van der Waals surface area contributed by atoms with Gasteiger partial charge in [-0.05, 0) is 38.8 Å². The second kappa shape index (κ2) is 7.11. The topological polar surface area (TPSA) is 70.2 Å². The third kappa shape index (κ3) is 5.10. The molecule has 2 amide bonds. The Labute approximate surface area is 125 Å². The van der Waals surface area contributed by atoms with E-state index in [0.29, 0.717) is 24.6 Å². The van der Waals surface area contributed by atoms with Crippen LogP contribution in [0.2, 0.25) is 0 Å². The molecule has 0 aliphatic heterocycles. The van der Waals surface area contributed by atoms with Crippen LogP contribution in [0.15, 0.2) is 24.3 Å². The summed E-state index contributed by atoms with van der Waals surface area (Å²) in [5.74, 6) is -0.149. The first-order valence-electron chi connectivity index (χ1n) is 7.49. The number of rotatable bonds is 7. The Morgan fingerprint density at radius 3 is 2.62 bits per heavy atom. The SMILES string of the molecule is CC(C)Nc1ccccc1C(=O)NCCC(=O)NC1CC1. The van der Waals surface area contributed by atoms with E-state index in [4.69, 9.17) is 0 Å². The van der Waals surface area contributed by atoms with E-state index < -0.39 is 0 Å². The van der Waals surface area contributed by atoms with Gasteiger partial charge in [-0.15, -0.1) is 0 Å². The van der Waals surface area contributed by atoms with Crippen LogP contribution in [0, 0.1) is 0 Å². The van der Waals surface area contributed by atoms with E-state index in [1.54, 1.807) is 6.07 Å². The smallest absolute Gasteiger partial charge is 0.253 e. The van der Waals surface area contributed by atoms with Gasteiger partial charge >= 0.3 is 0 Å². The van der Waals surface area contributed by atoms with Crippen LogP contribution in [0.25, 0.3) is 0 Å². The van der Waals surface area contributed by atoms with Crippen molar-refractivity contribution < 1.29 is 9.59 Å². The molecule has 0 aromatic heterocycles. The van der Waals surface area contributed by atoms with Gasteiger partial charge in [-0.3, -0.25) is 9.59 Å². The number of para-hydroxylation sites is 1. The van der Waals surface area contributed by atoms with E-state index in [-0.39, 0.29) is 17.9 Å². The van der Waals surface area contributed by atoms with Gasteiger partial charge < -0.3 is 16.0 Å². The van der Waals surface area contributed by atoms with Gasteiger partial charge in [0.15, 0.2) is 0 Å². The fourth-order valence-electron chi connectivity index (χ4n) is 2.03. The summed E-state index contributed by atoms with van der Waals surface area (Å²) in [6.45, 7) is 4.40. The van der Waals surface area contributed by atoms with Gasteiger partial charge in [-0.2, -0.15) is 0 Å². The average molecular weight is 289 g/mol. The third-order valence-electron chi connectivity index (χ3n) is 3.20. The minimum Gasteiger partial charge on any atom is -0.382 e. The van der Waals surface area contributed by atoms with Crippen molar-refractivity contribution >= 4 is 17.5 Å². The van der Waals surface area contributed by atoms with Crippen molar-refractivity contribution in [2.45, 2.75) is 45.2 Å². The quantitative estimate of drug-likeness (QED) is 0.718. The minimum atomic E-state index is -0.155. The van der Waals surface area contributed by atoms with Crippen molar-refractivity contribution in [3.05, 3.63) is 29.8 Å². The standard InChI is InChI=1S/C16H23N3O2/c1-11(2)18-14-6-4-3-5-13(14)16(21)17-10-9-15(20)19-12-7-8-12/h3-6,11-12,18H,7-10H2,1-2H3,(H,17,21)(H,19,20). The van der Waals surface area contributed by atoms with Crippen LogP contribution in [0.5, 0.6) is 0 Å². The largest absolute Gasteiger partial charge is 0.382 e. The zero-order valence-corrected chi connectivity index (χ0v) is 12.6. The Bertz CT molecular complexity index is 510. The molecule has 21 heavy (non-hydrogen) atoms. The number of hydrogen-bond acceptors (Lipinski definition) is 3. The van der Waals surface area contributed by atoms with Crippen molar-refractivity contribution in [1.29, 1.82) is 0 Å². The van der Waals surface area contributed by atoms with Gasteiger partial charge in [0, 0.05) is 30.7 Å². The second-order valence-electron chi connectivity index (χ2n) is 5.69. The lowest BCUT2D eigenvalue weighted by Gasteiger charge is -2.14. The van der Waals surface area contributed by atoms with Crippen molar-refractivity contribution in [3.63, 3.8) is 0 Å². The van der Waals surface area contributed by atoms with Crippen molar-refractivity contribution in [2.75, 3.05) is 11.9 Å². The highest BCUT2D eigenvalue weighted by Gasteiger charge is 2.22. The molecule has 2 rings (SSSR count). The van der Waals surface area contributed by atoms with Crippen LogP contribution in [-0.4, -0.2) is 30.4 Å². The first-order chi connectivity index (χ1) is 10.1. The van der Waals surface area contributed by atoms with Crippen LogP contribution >= 0.6 is 0 Å². The first-order valence-corrected chi connectivity index (χ1v) is 7.49. The molecule has 1 aromatic rings. The van der Waals surface area contributed by atoms with E-state index in [0.717, 1.165) is 18.5 Å². The summed E-state index contributed by atoms with van der Waals surface area (Å²) in [4.78, 5) is 23.7. The number of carbonyl (C=O) groups is 2. The molecule has 1 saturated carbocycles. The lowest BCUT2D eigenvalue weighted by Crippen LogP contribution is -2.32. The van der Waals surface area contributed by atoms with Gasteiger partial charge in [0.25, 0.3) is 5.91 Å². The Morgan fingerprint density at radius 1 is 1.24 bits per heavy atom. The average Bonchev–Trinajstić information content (AvgIpc) is 3.22. The highest BCUT2D eigenvalue weighted by Crippen LogP contribution is 2.18. The Morgan fingerprint density at radius 2 is 1.95 bits per heavy atom. The van der Waals surface area contributed by atoms with E-state index in [2.05, 4.69) is 16.0 Å². The number of anilines is 1. The molecule has 0 saturated heterocycles. The van der Waals surface area contributed by atoms with Crippen LogP contribution < -0.4 is 16.0 Å². The molecule has 0 atom stereocenters. The molecule has 0 unspecified atom stereocenters. The fraction of sp³-hybridized carbons (Fsp3) is 0.500. The summed E-state index contributed by atoms with van der Waals surface area (Å²) in [7, 11) is 0. The molecule has 1 fully saturated rings. The summed E-state index contributed by atoms with van der Waals surface area (Å²) in [5, 5.41) is 8.95. The Balaban J connectivity index is 1.83. The zero-order chi connectivity index (χ0) is 15.2. The van der Waals surface area contributed by atoms with Crippen molar-refractivity contribution in [1.82, 2.24) is 10.6 Å². The summed E-state index contributed by atoms with van der Waals surface area (Å²) in [6.07, 6.45) is 2.47. The van der Waals surface area contributed by atoms with E-state index in [9.17, 15) is 9.59 Å². The van der Waals surface area contributed by atoms with Crippen LogP contribution in [0.1, 0.15) is 43.5 Å². The highest BCUT2D eigenvalue weighted by molar-refractivity contribution is 5.99. The molecular formula is C16H23N3O2. The van der Waals surface area contributed by atoms with Gasteiger partial charge in [0.2, 0.25) is 5.91 Å². The molecule has 3 N–H and O–H groups in total. The van der Waals surface area contributed by atoms with Crippen LogP contribution in [0.4, 0.5) is 5.69 Å². The van der Waals surface area contributed by atoms with E-state index >= 15 is 0 Å². The summed E-state index contributed by atoms with van der Waals surface area (Å²) in [6, 6.07) is 8.01. The lowest BCUT2D eigenvalue weighted by atomic mass is 10.1. The normalized spacial score (nSPS) is 13.9. The van der Waals surface area contributed by atoms with E-state index in [1.165, 1.54) is 0 Å². The molecule has 5 heteroatoms. The van der Waals surface area contributed by atoms with Crippen molar-refractivity contribution in [3.8, 4) is 0 Å². The van der Waals surface area contributed by atoms with Gasteiger partial charge in [0.05, 0.1) is 5.56 Å². The first kappa shape index (κ1) is 15.4. The van der Waals surface area contributed by atoms with E-state index in [1.807, 2.05) is 32.0 Å². The predicted molar refractivity (Wildman–Crippen MR) is 83.3 cm³/mol. The molecule has 1 aliphatic rings. The number of nitrogens with one attached hydrogen (secondary N) is 3.